The first-order valence-electron chi connectivity index (χ1n) is 6.63. The zero-order valence-electron chi connectivity index (χ0n) is 10.9. The zero-order chi connectivity index (χ0) is 13.3. The molecule has 2 rings (SSSR count). The number of carbonyl (C=O) groups is 2. The third-order valence-electron chi connectivity index (χ3n) is 4.16. The molecule has 0 bridgehead atoms. The van der Waals surface area contributed by atoms with Crippen LogP contribution in [0, 0.1) is 17.8 Å². The zero-order valence-corrected chi connectivity index (χ0v) is 10.9. The third kappa shape index (κ3) is 2.66. The summed E-state index contributed by atoms with van der Waals surface area (Å²) in [5.41, 5.74) is 0. The molecular weight excluding hydrogens is 234 g/mol. The Balaban J connectivity index is 1.97. The quantitative estimate of drug-likeness (QED) is 0.789. The summed E-state index contributed by atoms with van der Waals surface area (Å²) < 4.78 is 5.39. The number of ether oxygens (including phenoxy) is 1. The second-order valence-electron chi connectivity index (χ2n) is 5.61. The number of hydrogen-bond acceptors (Lipinski definition) is 3. The molecule has 2 aliphatic rings. The van der Waals surface area contributed by atoms with Gasteiger partial charge >= 0.3 is 5.97 Å². The molecule has 0 aromatic carbocycles. The molecular formula is C13H21NO4. The van der Waals surface area contributed by atoms with Crippen molar-refractivity contribution in [1.82, 2.24) is 5.32 Å². The lowest BCUT2D eigenvalue weighted by molar-refractivity contribution is -0.146. The Hall–Kier alpha value is -1.10. The fourth-order valence-electron chi connectivity index (χ4n) is 3.07. The van der Waals surface area contributed by atoms with Gasteiger partial charge in [0.2, 0.25) is 5.91 Å². The van der Waals surface area contributed by atoms with Crippen LogP contribution in [0.15, 0.2) is 0 Å². The summed E-state index contributed by atoms with van der Waals surface area (Å²) in [6, 6.07) is 0.0304. The van der Waals surface area contributed by atoms with Crippen molar-refractivity contribution >= 4 is 11.9 Å². The highest BCUT2D eigenvalue weighted by Gasteiger charge is 2.42. The molecule has 0 spiro atoms. The average molecular weight is 255 g/mol. The fraction of sp³-hybridized carbons (Fsp3) is 0.846. The topological polar surface area (TPSA) is 75.6 Å². The van der Waals surface area contributed by atoms with Crippen LogP contribution < -0.4 is 5.32 Å². The molecule has 18 heavy (non-hydrogen) atoms. The molecule has 1 amide bonds. The van der Waals surface area contributed by atoms with Crippen molar-refractivity contribution in [3.63, 3.8) is 0 Å². The highest BCUT2D eigenvalue weighted by molar-refractivity contribution is 5.85. The van der Waals surface area contributed by atoms with E-state index in [1.54, 1.807) is 0 Å². The molecule has 5 unspecified atom stereocenters. The number of hydrogen-bond donors (Lipinski definition) is 2. The van der Waals surface area contributed by atoms with Gasteiger partial charge in [0.15, 0.2) is 0 Å². The molecule has 0 aromatic heterocycles. The SMILES string of the molecule is CC1CC(C(=O)O)C(C(=O)NC2CCOC2C)C1. The van der Waals surface area contributed by atoms with Crippen molar-refractivity contribution in [2.45, 2.75) is 45.3 Å². The van der Waals surface area contributed by atoms with E-state index in [0.29, 0.717) is 25.4 Å². The second kappa shape index (κ2) is 5.26. The molecule has 1 saturated heterocycles. The van der Waals surface area contributed by atoms with Crippen LogP contribution in [0.5, 0.6) is 0 Å². The number of carboxylic acid groups (broad SMARTS) is 1. The molecule has 2 fully saturated rings. The normalized spacial score (nSPS) is 39.8. The smallest absolute Gasteiger partial charge is 0.307 e. The van der Waals surface area contributed by atoms with Gasteiger partial charge in [-0.2, -0.15) is 0 Å². The Bertz CT molecular complexity index is 344. The molecule has 0 aromatic rings. The summed E-state index contributed by atoms with van der Waals surface area (Å²) in [5, 5.41) is 12.1. The van der Waals surface area contributed by atoms with Gasteiger partial charge in [0, 0.05) is 6.61 Å². The molecule has 1 aliphatic heterocycles. The van der Waals surface area contributed by atoms with E-state index >= 15 is 0 Å². The predicted octanol–water partition coefficient (Wildman–Crippen LogP) is 1.03. The molecule has 1 aliphatic carbocycles. The lowest BCUT2D eigenvalue weighted by Crippen LogP contribution is -2.44. The molecule has 5 heteroatoms. The van der Waals surface area contributed by atoms with Gasteiger partial charge in [-0.3, -0.25) is 9.59 Å². The second-order valence-corrected chi connectivity index (χ2v) is 5.61. The maximum Gasteiger partial charge on any atom is 0.307 e. The minimum absolute atomic E-state index is 0.0241. The summed E-state index contributed by atoms with van der Waals surface area (Å²) in [6.07, 6.45) is 2.11. The summed E-state index contributed by atoms with van der Waals surface area (Å²) in [4.78, 5) is 23.3. The monoisotopic (exact) mass is 255 g/mol. The standard InChI is InChI=1S/C13H21NO4/c1-7-5-9(10(6-7)13(16)17)12(15)14-11-3-4-18-8(11)2/h7-11H,3-6H2,1-2H3,(H,14,15)(H,16,17). The van der Waals surface area contributed by atoms with Gasteiger partial charge in [0.05, 0.1) is 24.0 Å². The Labute approximate surface area is 107 Å². The van der Waals surface area contributed by atoms with Crippen molar-refractivity contribution in [2.24, 2.45) is 17.8 Å². The number of aliphatic carboxylic acids is 1. The van der Waals surface area contributed by atoms with Gasteiger partial charge in [0.25, 0.3) is 0 Å². The number of rotatable bonds is 3. The molecule has 5 atom stereocenters. The summed E-state index contributed by atoms with van der Waals surface area (Å²) >= 11 is 0. The first kappa shape index (κ1) is 13.3. The molecule has 102 valence electrons. The van der Waals surface area contributed by atoms with E-state index in [9.17, 15) is 9.59 Å². The Morgan fingerprint density at radius 2 is 1.89 bits per heavy atom. The predicted molar refractivity (Wildman–Crippen MR) is 65.0 cm³/mol. The summed E-state index contributed by atoms with van der Waals surface area (Å²) in [5.74, 6) is -1.58. The lowest BCUT2D eigenvalue weighted by Gasteiger charge is -2.21. The van der Waals surface area contributed by atoms with Crippen LogP contribution in [0.3, 0.4) is 0 Å². The van der Waals surface area contributed by atoms with Gasteiger partial charge in [0.1, 0.15) is 0 Å². The van der Waals surface area contributed by atoms with Crippen molar-refractivity contribution in [3.8, 4) is 0 Å². The van der Waals surface area contributed by atoms with E-state index in [-0.39, 0.29) is 24.0 Å². The highest BCUT2D eigenvalue weighted by atomic mass is 16.5. The van der Waals surface area contributed by atoms with Crippen LogP contribution in [0.4, 0.5) is 0 Å². The maximum absolute atomic E-state index is 12.2. The van der Waals surface area contributed by atoms with E-state index < -0.39 is 11.9 Å². The first-order chi connectivity index (χ1) is 8.49. The van der Waals surface area contributed by atoms with E-state index in [0.717, 1.165) is 6.42 Å². The fourth-order valence-corrected chi connectivity index (χ4v) is 3.07. The largest absolute Gasteiger partial charge is 0.481 e. The summed E-state index contributed by atoms with van der Waals surface area (Å²) in [7, 11) is 0. The van der Waals surface area contributed by atoms with Crippen LogP contribution in [0.1, 0.15) is 33.1 Å². The number of amides is 1. The van der Waals surface area contributed by atoms with Crippen LogP contribution in [-0.4, -0.2) is 35.7 Å². The summed E-state index contributed by atoms with van der Waals surface area (Å²) in [6.45, 7) is 4.60. The van der Waals surface area contributed by atoms with E-state index in [1.165, 1.54) is 0 Å². The Kier molecular flexibility index (Phi) is 3.90. The van der Waals surface area contributed by atoms with Crippen molar-refractivity contribution in [2.75, 3.05) is 6.61 Å². The van der Waals surface area contributed by atoms with Crippen LogP contribution in [0.25, 0.3) is 0 Å². The maximum atomic E-state index is 12.2. The third-order valence-corrected chi connectivity index (χ3v) is 4.16. The molecule has 5 nitrogen and oxygen atoms in total. The van der Waals surface area contributed by atoms with Crippen LogP contribution >= 0.6 is 0 Å². The van der Waals surface area contributed by atoms with E-state index in [2.05, 4.69) is 5.32 Å². The number of carbonyl (C=O) groups excluding carboxylic acids is 1. The number of carboxylic acids is 1. The average Bonchev–Trinajstić information content (AvgIpc) is 2.86. The lowest BCUT2D eigenvalue weighted by atomic mass is 9.95. The number of nitrogens with one attached hydrogen (secondary N) is 1. The molecule has 0 radical (unpaired) electrons. The first-order valence-corrected chi connectivity index (χ1v) is 6.63. The van der Waals surface area contributed by atoms with Crippen molar-refractivity contribution < 1.29 is 19.4 Å². The Morgan fingerprint density at radius 1 is 1.22 bits per heavy atom. The highest BCUT2D eigenvalue weighted by Crippen LogP contribution is 2.36. The Morgan fingerprint density at radius 3 is 2.44 bits per heavy atom. The van der Waals surface area contributed by atoms with Crippen LogP contribution in [0.2, 0.25) is 0 Å². The van der Waals surface area contributed by atoms with E-state index in [4.69, 9.17) is 9.84 Å². The van der Waals surface area contributed by atoms with Crippen molar-refractivity contribution in [1.29, 1.82) is 0 Å². The van der Waals surface area contributed by atoms with Crippen LogP contribution in [-0.2, 0) is 14.3 Å². The van der Waals surface area contributed by atoms with Gasteiger partial charge in [-0.25, -0.2) is 0 Å². The minimum Gasteiger partial charge on any atom is -0.481 e. The van der Waals surface area contributed by atoms with E-state index in [1.807, 2.05) is 13.8 Å². The molecule has 1 saturated carbocycles. The van der Waals surface area contributed by atoms with Gasteiger partial charge < -0.3 is 15.2 Å². The van der Waals surface area contributed by atoms with Gasteiger partial charge in [-0.1, -0.05) is 6.92 Å². The van der Waals surface area contributed by atoms with Crippen molar-refractivity contribution in [3.05, 3.63) is 0 Å². The van der Waals surface area contributed by atoms with Gasteiger partial charge in [-0.15, -0.1) is 0 Å². The minimum atomic E-state index is -0.852. The molecule has 2 N–H and O–H groups in total. The van der Waals surface area contributed by atoms with Gasteiger partial charge in [-0.05, 0) is 32.1 Å². The molecule has 1 heterocycles.